The van der Waals surface area contributed by atoms with Gasteiger partial charge in [-0.25, -0.2) is 0 Å². The lowest BCUT2D eigenvalue weighted by atomic mass is 9.89. The van der Waals surface area contributed by atoms with Gasteiger partial charge in [0.25, 0.3) is 0 Å². The number of benzene rings is 3. The number of amides is 1. The van der Waals surface area contributed by atoms with Crippen molar-refractivity contribution in [1.29, 1.82) is 0 Å². The van der Waals surface area contributed by atoms with Crippen LogP contribution in [0.25, 0.3) is 0 Å². The minimum atomic E-state index is -0.737. The molecule has 0 spiro atoms. The van der Waals surface area contributed by atoms with Crippen LogP contribution < -0.4 is 5.32 Å². The first-order valence-electron chi connectivity index (χ1n) is 7.58. The SMILES string of the molecule is O=C(Nc1ccccc1)C(c1ccccc1)c1cc(O)ccc1O. The highest BCUT2D eigenvalue weighted by Crippen LogP contribution is 2.34. The highest BCUT2D eigenvalue weighted by atomic mass is 16.3. The number of para-hydroxylation sites is 1. The Balaban J connectivity index is 2.02. The molecule has 1 atom stereocenters. The van der Waals surface area contributed by atoms with Crippen LogP contribution in [0.1, 0.15) is 17.0 Å². The smallest absolute Gasteiger partial charge is 0.236 e. The number of nitrogens with one attached hydrogen (secondary N) is 1. The maximum absolute atomic E-state index is 12.9. The molecule has 4 heteroatoms. The van der Waals surface area contributed by atoms with Crippen molar-refractivity contribution in [2.75, 3.05) is 5.32 Å². The van der Waals surface area contributed by atoms with Crippen molar-refractivity contribution >= 4 is 11.6 Å². The van der Waals surface area contributed by atoms with Gasteiger partial charge in [0.2, 0.25) is 5.91 Å². The molecule has 3 aromatic carbocycles. The van der Waals surface area contributed by atoms with Crippen molar-refractivity contribution in [2.45, 2.75) is 5.92 Å². The van der Waals surface area contributed by atoms with E-state index in [1.807, 2.05) is 48.5 Å². The van der Waals surface area contributed by atoms with Crippen molar-refractivity contribution in [3.63, 3.8) is 0 Å². The van der Waals surface area contributed by atoms with Crippen molar-refractivity contribution in [3.05, 3.63) is 90.0 Å². The molecule has 0 aliphatic rings. The highest BCUT2D eigenvalue weighted by Gasteiger charge is 2.26. The number of anilines is 1. The normalized spacial score (nSPS) is 11.7. The van der Waals surface area contributed by atoms with E-state index in [-0.39, 0.29) is 17.4 Å². The zero-order chi connectivity index (χ0) is 16.9. The molecule has 3 aromatic rings. The molecule has 0 bridgehead atoms. The van der Waals surface area contributed by atoms with Gasteiger partial charge < -0.3 is 15.5 Å². The predicted molar refractivity (Wildman–Crippen MR) is 93.1 cm³/mol. The van der Waals surface area contributed by atoms with Crippen molar-refractivity contribution in [2.24, 2.45) is 0 Å². The molecule has 0 radical (unpaired) electrons. The van der Waals surface area contributed by atoms with Crippen LogP contribution in [0, 0.1) is 0 Å². The molecule has 24 heavy (non-hydrogen) atoms. The summed E-state index contributed by atoms with van der Waals surface area (Å²) in [6.07, 6.45) is 0. The average Bonchev–Trinajstić information content (AvgIpc) is 2.60. The quantitative estimate of drug-likeness (QED) is 0.639. The van der Waals surface area contributed by atoms with Crippen LogP contribution in [-0.2, 0) is 4.79 Å². The Morgan fingerprint density at radius 1 is 0.833 bits per heavy atom. The number of phenolic OH excluding ortho intramolecular Hbond substituents is 2. The summed E-state index contributed by atoms with van der Waals surface area (Å²) in [4.78, 5) is 12.9. The third kappa shape index (κ3) is 3.38. The van der Waals surface area contributed by atoms with E-state index in [1.54, 1.807) is 12.1 Å². The van der Waals surface area contributed by atoms with Crippen LogP contribution in [0.2, 0.25) is 0 Å². The lowest BCUT2D eigenvalue weighted by Gasteiger charge is -2.19. The van der Waals surface area contributed by atoms with Crippen molar-refractivity contribution in [1.82, 2.24) is 0 Å². The number of hydrogen-bond donors (Lipinski definition) is 3. The number of hydrogen-bond acceptors (Lipinski definition) is 3. The van der Waals surface area contributed by atoms with E-state index in [0.29, 0.717) is 11.3 Å². The molecule has 0 saturated carbocycles. The van der Waals surface area contributed by atoms with Crippen LogP contribution in [-0.4, -0.2) is 16.1 Å². The van der Waals surface area contributed by atoms with Crippen LogP contribution in [0.15, 0.2) is 78.9 Å². The van der Waals surface area contributed by atoms with Gasteiger partial charge in [-0.05, 0) is 35.9 Å². The molecule has 0 aliphatic heterocycles. The Bertz CT molecular complexity index is 832. The molecule has 3 N–H and O–H groups in total. The van der Waals surface area contributed by atoms with E-state index >= 15 is 0 Å². The molecule has 0 fully saturated rings. The molecule has 0 saturated heterocycles. The second kappa shape index (κ2) is 6.87. The Hall–Kier alpha value is -3.27. The largest absolute Gasteiger partial charge is 0.508 e. The van der Waals surface area contributed by atoms with Crippen LogP contribution in [0.5, 0.6) is 11.5 Å². The third-order valence-corrected chi connectivity index (χ3v) is 3.76. The van der Waals surface area contributed by atoms with E-state index in [9.17, 15) is 15.0 Å². The van der Waals surface area contributed by atoms with Gasteiger partial charge in [0.15, 0.2) is 0 Å². The maximum Gasteiger partial charge on any atom is 0.236 e. The standard InChI is InChI=1S/C20H17NO3/c22-16-11-12-18(23)17(13-16)19(14-7-3-1-4-8-14)20(24)21-15-9-5-2-6-10-15/h1-13,19,22-23H,(H,21,24). The van der Waals surface area contributed by atoms with Crippen LogP contribution in [0.4, 0.5) is 5.69 Å². The minimum Gasteiger partial charge on any atom is -0.508 e. The van der Waals surface area contributed by atoms with Gasteiger partial charge in [0.05, 0.1) is 5.92 Å². The number of carbonyl (C=O) groups excluding carboxylic acids is 1. The molecule has 1 unspecified atom stereocenters. The van der Waals surface area contributed by atoms with E-state index in [1.165, 1.54) is 18.2 Å². The van der Waals surface area contributed by atoms with E-state index in [0.717, 1.165) is 5.56 Å². The Labute approximate surface area is 140 Å². The molecular weight excluding hydrogens is 302 g/mol. The average molecular weight is 319 g/mol. The molecule has 0 aromatic heterocycles. The Morgan fingerprint density at radius 2 is 1.46 bits per heavy atom. The predicted octanol–water partition coefficient (Wildman–Crippen LogP) is 3.87. The second-order valence-corrected chi connectivity index (χ2v) is 5.44. The van der Waals surface area contributed by atoms with Gasteiger partial charge in [-0.15, -0.1) is 0 Å². The van der Waals surface area contributed by atoms with E-state index in [4.69, 9.17) is 0 Å². The topological polar surface area (TPSA) is 69.6 Å². The number of aromatic hydroxyl groups is 2. The van der Waals surface area contributed by atoms with Gasteiger partial charge in [-0.2, -0.15) is 0 Å². The zero-order valence-corrected chi connectivity index (χ0v) is 12.9. The summed E-state index contributed by atoms with van der Waals surface area (Å²) in [6, 6.07) is 22.5. The second-order valence-electron chi connectivity index (χ2n) is 5.44. The lowest BCUT2D eigenvalue weighted by Crippen LogP contribution is -2.22. The third-order valence-electron chi connectivity index (χ3n) is 3.76. The van der Waals surface area contributed by atoms with Gasteiger partial charge in [-0.1, -0.05) is 48.5 Å². The summed E-state index contributed by atoms with van der Waals surface area (Å²) in [5.41, 5.74) is 1.75. The van der Waals surface area contributed by atoms with Crippen LogP contribution >= 0.6 is 0 Å². The maximum atomic E-state index is 12.9. The zero-order valence-electron chi connectivity index (χ0n) is 12.9. The van der Waals surface area contributed by atoms with Gasteiger partial charge in [0.1, 0.15) is 11.5 Å². The Morgan fingerprint density at radius 3 is 2.12 bits per heavy atom. The molecule has 0 aliphatic carbocycles. The summed E-state index contributed by atoms with van der Waals surface area (Å²) in [5.74, 6) is -1.06. The molecule has 1 amide bonds. The van der Waals surface area contributed by atoms with Crippen LogP contribution in [0.3, 0.4) is 0 Å². The number of phenols is 2. The van der Waals surface area contributed by atoms with Crippen molar-refractivity contribution in [3.8, 4) is 11.5 Å². The molecule has 120 valence electrons. The first kappa shape index (κ1) is 15.6. The molecule has 4 nitrogen and oxygen atoms in total. The first-order chi connectivity index (χ1) is 11.6. The summed E-state index contributed by atoms with van der Waals surface area (Å²) < 4.78 is 0. The number of carbonyl (C=O) groups is 1. The summed E-state index contributed by atoms with van der Waals surface area (Å²) >= 11 is 0. The van der Waals surface area contributed by atoms with E-state index < -0.39 is 5.92 Å². The highest BCUT2D eigenvalue weighted by molar-refractivity contribution is 5.98. The van der Waals surface area contributed by atoms with Crippen molar-refractivity contribution < 1.29 is 15.0 Å². The monoisotopic (exact) mass is 319 g/mol. The minimum absolute atomic E-state index is 0.00348. The Kier molecular flexibility index (Phi) is 4.47. The summed E-state index contributed by atoms with van der Waals surface area (Å²) in [7, 11) is 0. The molecule has 3 rings (SSSR count). The fraction of sp³-hybridized carbons (Fsp3) is 0.0500. The van der Waals surface area contributed by atoms with Gasteiger partial charge in [-0.3, -0.25) is 4.79 Å². The van der Waals surface area contributed by atoms with E-state index in [2.05, 4.69) is 5.32 Å². The lowest BCUT2D eigenvalue weighted by molar-refractivity contribution is -0.116. The molecule has 0 heterocycles. The molecular formula is C20H17NO3. The first-order valence-corrected chi connectivity index (χ1v) is 7.58. The summed E-state index contributed by atoms with van der Waals surface area (Å²) in [5, 5.41) is 22.8. The summed E-state index contributed by atoms with van der Waals surface area (Å²) in [6.45, 7) is 0. The van der Waals surface area contributed by atoms with Gasteiger partial charge in [0, 0.05) is 11.3 Å². The fourth-order valence-corrected chi connectivity index (χ4v) is 2.63. The fourth-order valence-electron chi connectivity index (χ4n) is 2.63. The number of rotatable bonds is 4. The van der Waals surface area contributed by atoms with Gasteiger partial charge >= 0.3 is 0 Å².